The highest BCUT2D eigenvalue weighted by molar-refractivity contribution is 5.66. The summed E-state index contributed by atoms with van der Waals surface area (Å²) < 4.78 is 0. The van der Waals surface area contributed by atoms with Crippen LogP contribution in [0.25, 0.3) is 0 Å². The molecule has 0 aliphatic heterocycles. The van der Waals surface area contributed by atoms with Gasteiger partial charge in [0.1, 0.15) is 0 Å². The summed E-state index contributed by atoms with van der Waals surface area (Å²) in [6, 6.07) is 14.8. The van der Waals surface area contributed by atoms with Crippen molar-refractivity contribution in [2.75, 3.05) is 5.32 Å². The number of anilines is 2. The van der Waals surface area contributed by atoms with E-state index in [2.05, 4.69) is 68.6 Å². The molecule has 0 heterocycles. The van der Waals surface area contributed by atoms with Gasteiger partial charge in [-0.3, -0.25) is 0 Å². The second kappa shape index (κ2) is 10.1. The molecule has 2 aromatic carbocycles. The van der Waals surface area contributed by atoms with E-state index in [9.17, 15) is 0 Å². The zero-order valence-electron chi connectivity index (χ0n) is 14.0. The van der Waals surface area contributed by atoms with Crippen molar-refractivity contribution in [1.82, 2.24) is 0 Å². The molecule has 0 aliphatic carbocycles. The van der Waals surface area contributed by atoms with Gasteiger partial charge >= 0.3 is 0 Å². The van der Waals surface area contributed by atoms with Crippen LogP contribution >= 0.6 is 0 Å². The average molecular weight is 271 g/mol. The van der Waals surface area contributed by atoms with Crippen LogP contribution in [0.3, 0.4) is 0 Å². The zero-order chi connectivity index (χ0) is 15.5. The van der Waals surface area contributed by atoms with E-state index in [-0.39, 0.29) is 0 Å². The van der Waals surface area contributed by atoms with E-state index in [1.54, 1.807) is 0 Å². The van der Waals surface area contributed by atoms with E-state index in [4.69, 9.17) is 0 Å². The normalized spacial score (nSPS) is 8.75. The maximum absolute atomic E-state index is 3.48. The molecule has 0 bridgehead atoms. The number of benzene rings is 2. The maximum Gasteiger partial charge on any atom is 0.0416 e. The molecule has 20 heavy (non-hydrogen) atoms. The topological polar surface area (TPSA) is 12.0 Å². The third-order valence-corrected chi connectivity index (χ3v) is 2.81. The third kappa shape index (κ3) is 5.48. The summed E-state index contributed by atoms with van der Waals surface area (Å²) in [4.78, 5) is 0. The predicted molar refractivity (Wildman–Crippen MR) is 93.1 cm³/mol. The molecule has 0 aromatic heterocycles. The highest BCUT2D eigenvalue weighted by Gasteiger charge is 2.01. The molecule has 2 aromatic rings. The van der Waals surface area contributed by atoms with Gasteiger partial charge in [-0.1, -0.05) is 58.0 Å². The molecule has 0 atom stereocenters. The Balaban J connectivity index is 0.000000829. The molecule has 0 amide bonds. The van der Waals surface area contributed by atoms with E-state index in [1.165, 1.54) is 28.1 Å². The maximum atomic E-state index is 3.48. The Hall–Kier alpha value is -1.76. The Morgan fingerprint density at radius 1 is 0.650 bits per heavy atom. The van der Waals surface area contributed by atoms with Crippen LogP contribution in [-0.4, -0.2) is 0 Å². The first-order valence-electron chi connectivity index (χ1n) is 7.57. The van der Waals surface area contributed by atoms with Crippen molar-refractivity contribution < 1.29 is 0 Å². The molecule has 2 rings (SSSR count). The molecular weight excluding hydrogens is 242 g/mol. The number of rotatable bonds is 2. The fourth-order valence-electron chi connectivity index (χ4n) is 1.73. The Labute approximate surface area is 125 Å². The summed E-state index contributed by atoms with van der Waals surface area (Å²) in [7, 11) is 0. The Kier molecular flexibility index (Phi) is 9.19. The minimum absolute atomic E-state index is 1.18. The number of hydrogen-bond donors (Lipinski definition) is 1. The van der Waals surface area contributed by atoms with Crippen LogP contribution < -0.4 is 5.32 Å². The first-order valence-corrected chi connectivity index (χ1v) is 7.57. The van der Waals surface area contributed by atoms with Crippen molar-refractivity contribution >= 4 is 11.4 Å². The highest BCUT2D eigenvalue weighted by atomic mass is 14.9. The summed E-state index contributed by atoms with van der Waals surface area (Å²) >= 11 is 0. The molecular formula is C19H29N. The van der Waals surface area contributed by atoms with Gasteiger partial charge in [0.15, 0.2) is 0 Å². The second-order valence-corrected chi connectivity index (χ2v) is 4.26. The molecule has 0 fully saturated rings. The summed E-state index contributed by atoms with van der Waals surface area (Å²) in [6.07, 6.45) is 0. The second-order valence-electron chi connectivity index (χ2n) is 4.26. The van der Waals surface area contributed by atoms with E-state index in [0.29, 0.717) is 0 Å². The highest BCUT2D eigenvalue weighted by Crippen LogP contribution is 2.23. The van der Waals surface area contributed by atoms with Crippen molar-refractivity contribution in [3.8, 4) is 0 Å². The lowest BCUT2D eigenvalue weighted by Gasteiger charge is -2.12. The average Bonchev–Trinajstić information content (AvgIpc) is 2.49. The minimum Gasteiger partial charge on any atom is -0.355 e. The number of hydrogen-bond acceptors (Lipinski definition) is 1. The fraction of sp³-hybridized carbons (Fsp3) is 0.368. The first kappa shape index (κ1) is 18.2. The SMILES string of the molecule is CC.CC.Cc1ccc(C)c(Nc2ccccc2C)c1. The summed E-state index contributed by atoms with van der Waals surface area (Å²) in [5, 5.41) is 3.48. The molecule has 0 saturated heterocycles. The van der Waals surface area contributed by atoms with Gasteiger partial charge in [0.05, 0.1) is 0 Å². The Morgan fingerprint density at radius 2 is 1.20 bits per heavy atom. The van der Waals surface area contributed by atoms with E-state index in [1.807, 2.05) is 27.7 Å². The fourth-order valence-corrected chi connectivity index (χ4v) is 1.73. The van der Waals surface area contributed by atoms with Gasteiger partial charge in [-0.15, -0.1) is 0 Å². The molecule has 1 N–H and O–H groups in total. The first-order chi connectivity index (χ1) is 9.66. The van der Waals surface area contributed by atoms with Crippen LogP contribution in [0.1, 0.15) is 44.4 Å². The number of nitrogens with one attached hydrogen (secondary N) is 1. The minimum atomic E-state index is 1.18. The molecule has 1 heteroatoms. The van der Waals surface area contributed by atoms with E-state index >= 15 is 0 Å². The van der Waals surface area contributed by atoms with Crippen molar-refractivity contribution in [3.63, 3.8) is 0 Å². The molecule has 0 aliphatic rings. The lowest BCUT2D eigenvalue weighted by atomic mass is 10.1. The van der Waals surface area contributed by atoms with Crippen LogP contribution in [-0.2, 0) is 0 Å². The van der Waals surface area contributed by atoms with Crippen molar-refractivity contribution in [2.24, 2.45) is 0 Å². The number of aryl methyl sites for hydroxylation is 3. The van der Waals surface area contributed by atoms with Gasteiger partial charge in [-0.25, -0.2) is 0 Å². The van der Waals surface area contributed by atoms with E-state index in [0.717, 1.165) is 0 Å². The molecule has 110 valence electrons. The smallest absolute Gasteiger partial charge is 0.0416 e. The lowest BCUT2D eigenvalue weighted by molar-refractivity contribution is 1.36. The van der Waals surface area contributed by atoms with Gasteiger partial charge < -0.3 is 5.32 Å². The predicted octanol–water partition coefficient (Wildman–Crippen LogP) is 6.41. The van der Waals surface area contributed by atoms with Crippen LogP contribution in [0.15, 0.2) is 42.5 Å². The van der Waals surface area contributed by atoms with Crippen LogP contribution in [0, 0.1) is 20.8 Å². The standard InChI is InChI=1S/C15H17N.2C2H6/c1-11-8-9-13(3)15(10-11)16-14-7-5-4-6-12(14)2;2*1-2/h4-10,16H,1-3H3;2*1-2H3. The van der Waals surface area contributed by atoms with Crippen LogP contribution in [0.5, 0.6) is 0 Å². The lowest BCUT2D eigenvalue weighted by Crippen LogP contribution is -1.95. The largest absolute Gasteiger partial charge is 0.355 e. The van der Waals surface area contributed by atoms with Gasteiger partial charge in [0.2, 0.25) is 0 Å². The molecule has 0 unspecified atom stereocenters. The van der Waals surface area contributed by atoms with Crippen LogP contribution in [0.4, 0.5) is 11.4 Å². The van der Waals surface area contributed by atoms with Crippen molar-refractivity contribution in [1.29, 1.82) is 0 Å². The van der Waals surface area contributed by atoms with Crippen LogP contribution in [0.2, 0.25) is 0 Å². The Bertz CT molecular complexity index is 501. The van der Waals surface area contributed by atoms with E-state index < -0.39 is 0 Å². The quantitative estimate of drug-likeness (QED) is 0.665. The summed E-state index contributed by atoms with van der Waals surface area (Å²) in [6.45, 7) is 14.4. The third-order valence-electron chi connectivity index (χ3n) is 2.81. The van der Waals surface area contributed by atoms with Crippen molar-refractivity contribution in [2.45, 2.75) is 48.5 Å². The molecule has 0 spiro atoms. The number of para-hydroxylation sites is 1. The van der Waals surface area contributed by atoms with Gasteiger partial charge in [0, 0.05) is 11.4 Å². The van der Waals surface area contributed by atoms with Gasteiger partial charge in [0.25, 0.3) is 0 Å². The Morgan fingerprint density at radius 3 is 1.80 bits per heavy atom. The molecule has 1 nitrogen and oxygen atoms in total. The van der Waals surface area contributed by atoms with Crippen molar-refractivity contribution in [3.05, 3.63) is 59.2 Å². The molecule has 0 saturated carbocycles. The van der Waals surface area contributed by atoms with Gasteiger partial charge in [-0.2, -0.15) is 0 Å². The summed E-state index contributed by atoms with van der Waals surface area (Å²) in [5.41, 5.74) is 6.18. The molecule has 0 radical (unpaired) electrons. The monoisotopic (exact) mass is 271 g/mol. The van der Waals surface area contributed by atoms with Gasteiger partial charge in [-0.05, 0) is 49.6 Å². The zero-order valence-corrected chi connectivity index (χ0v) is 14.0. The summed E-state index contributed by atoms with van der Waals surface area (Å²) in [5.74, 6) is 0.